The van der Waals surface area contributed by atoms with E-state index in [0.717, 1.165) is 21.3 Å². The van der Waals surface area contributed by atoms with Crippen molar-refractivity contribution >= 4 is 33.6 Å². The summed E-state index contributed by atoms with van der Waals surface area (Å²) >= 11 is 1.55. The lowest BCUT2D eigenvalue weighted by Crippen LogP contribution is -1.95. The molecule has 0 aliphatic rings. The summed E-state index contributed by atoms with van der Waals surface area (Å²) in [7, 11) is 0. The van der Waals surface area contributed by atoms with Crippen molar-refractivity contribution in [3.8, 4) is 22.6 Å². The van der Waals surface area contributed by atoms with Crippen LogP contribution in [0.1, 0.15) is 5.56 Å². The summed E-state index contributed by atoms with van der Waals surface area (Å²) in [5.41, 5.74) is 5.53. The van der Waals surface area contributed by atoms with Crippen molar-refractivity contribution < 1.29 is 10.2 Å². The Labute approximate surface area is 153 Å². The van der Waals surface area contributed by atoms with Crippen molar-refractivity contribution in [1.82, 2.24) is 9.97 Å². The van der Waals surface area contributed by atoms with E-state index < -0.39 is 0 Å². The molecule has 6 nitrogen and oxygen atoms in total. The van der Waals surface area contributed by atoms with E-state index in [0.29, 0.717) is 11.4 Å². The van der Waals surface area contributed by atoms with Crippen molar-refractivity contribution in [2.75, 3.05) is 5.43 Å². The molecule has 0 unspecified atom stereocenters. The average Bonchev–Trinajstić information content (AvgIpc) is 3.09. The normalized spacial score (nSPS) is 11.2. The van der Waals surface area contributed by atoms with Crippen molar-refractivity contribution in [2.45, 2.75) is 0 Å². The molecule has 4 aromatic rings. The van der Waals surface area contributed by atoms with Crippen LogP contribution in [0.2, 0.25) is 0 Å². The molecule has 3 N–H and O–H groups in total. The first-order chi connectivity index (χ1) is 12.7. The van der Waals surface area contributed by atoms with Crippen LogP contribution in [-0.4, -0.2) is 26.4 Å². The molecule has 0 aliphatic carbocycles. The fraction of sp³-hybridized carbons (Fsp3) is 0. The number of aromatic nitrogens is 2. The van der Waals surface area contributed by atoms with Crippen LogP contribution in [0, 0.1) is 0 Å². The summed E-state index contributed by atoms with van der Waals surface area (Å²) in [5.74, 6) is 0.532. The molecule has 0 amide bonds. The molecule has 7 heteroatoms. The number of fused-ring (bicyclic) bond motifs is 1. The van der Waals surface area contributed by atoms with Crippen LogP contribution in [-0.2, 0) is 0 Å². The Morgan fingerprint density at radius 1 is 1.04 bits per heavy atom. The lowest BCUT2D eigenvalue weighted by atomic mass is 10.1. The summed E-state index contributed by atoms with van der Waals surface area (Å²) in [6.45, 7) is 0. The number of hydrogen-bond acceptors (Lipinski definition) is 7. The fourth-order valence-corrected chi connectivity index (χ4v) is 3.51. The molecule has 0 saturated carbocycles. The van der Waals surface area contributed by atoms with E-state index in [9.17, 15) is 10.2 Å². The fourth-order valence-electron chi connectivity index (χ4n) is 2.59. The Bertz CT molecular complexity index is 1090. The van der Waals surface area contributed by atoms with E-state index in [4.69, 9.17) is 0 Å². The van der Waals surface area contributed by atoms with Crippen LogP contribution in [0.15, 0.2) is 65.3 Å². The highest BCUT2D eigenvalue weighted by Gasteiger charge is 2.12. The van der Waals surface area contributed by atoms with Crippen LogP contribution in [0.5, 0.6) is 11.5 Å². The Balaban J connectivity index is 1.68. The van der Waals surface area contributed by atoms with Gasteiger partial charge in [-0.05, 0) is 17.7 Å². The molecule has 0 bridgehead atoms. The number of phenols is 2. The summed E-state index contributed by atoms with van der Waals surface area (Å²) in [4.78, 5) is 9.49. The van der Waals surface area contributed by atoms with Crippen molar-refractivity contribution in [3.63, 3.8) is 0 Å². The Hall–Kier alpha value is -3.45. The highest BCUT2D eigenvalue weighted by Crippen LogP contribution is 2.36. The van der Waals surface area contributed by atoms with Gasteiger partial charge in [0.15, 0.2) is 5.82 Å². The van der Waals surface area contributed by atoms with Crippen LogP contribution in [0.4, 0.5) is 5.82 Å². The molecular formula is C19H14N4O2S. The monoisotopic (exact) mass is 362 g/mol. The molecule has 4 rings (SSSR count). The summed E-state index contributed by atoms with van der Waals surface area (Å²) in [6, 6.07) is 14.3. The second-order valence-electron chi connectivity index (χ2n) is 5.53. The highest BCUT2D eigenvalue weighted by atomic mass is 32.1. The maximum Gasteiger partial charge on any atom is 0.159 e. The third-order valence-electron chi connectivity index (χ3n) is 3.84. The predicted octanol–water partition coefficient (Wildman–Crippen LogP) is 4.22. The maximum absolute atomic E-state index is 9.82. The molecule has 0 saturated heterocycles. The number of benzene rings is 2. The zero-order valence-electron chi connectivity index (χ0n) is 13.5. The van der Waals surface area contributed by atoms with Crippen molar-refractivity contribution in [3.05, 3.63) is 65.8 Å². The van der Waals surface area contributed by atoms with E-state index in [1.807, 2.05) is 30.3 Å². The second kappa shape index (κ2) is 6.81. The molecule has 0 fully saturated rings. The number of rotatable bonds is 4. The molecule has 128 valence electrons. The van der Waals surface area contributed by atoms with Gasteiger partial charge in [-0.3, -0.25) is 5.43 Å². The Morgan fingerprint density at radius 2 is 1.88 bits per heavy atom. The quantitative estimate of drug-likeness (QED) is 0.374. The van der Waals surface area contributed by atoms with Gasteiger partial charge in [0.25, 0.3) is 0 Å². The van der Waals surface area contributed by atoms with Crippen molar-refractivity contribution in [1.29, 1.82) is 0 Å². The Morgan fingerprint density at radius 3 is 2.69 bits per heavy atom. The summed E-state index contributed by atoms with van der Waals surface area (Å²) in [5, 5.41) is 26.3. The van der Waals surface area contributed by atoms with Crippen LogP contribution in [0.3, 0.4) is 0 Å². The standard InChI is InChI=1S/C19H14N4O2S/c24-14-7-6-13(16(25)8-14)9-22-23-18-17-15(12-4-2-1-3-5-12)10-26-19(17)21-11-20-18/h1-11,24-25H,(H,20,21,23)/b22-9+. The number of hydrogen-bond donors (Lipinski definition) is 3. The minimum absolute atomic E-state index is 0.00380. The summed E-state index contributed by atoms with van der Waals surface area (Å²) < 4.78 is 0. The van der Waals surface area contributed by atoms with Crippen LogP contribution < -0.4 is 5.43 Å². The minimum Gasteiger partial charge on any atom is -0.508 e. The highest BCUT2D eigenvalue weighted by molar-refractivity contribution is 7.17. The van der Waals surface area contributed by atoms with Gasteiger partial charge in [-0.15, -0.1) is 11.3 Å². The molecule has 0 spiro atoms. The van der Waals surface area contributed by atoms with E-state index in [1.54, 1.807) is 17.4 Å². The van der Waals surface area contributed by atoms with E-state index in [1.165, 1.54) is 24.7 Å². The number of thiophene rings is 1. The number of nitrogens with one attached hydrogen (secondary N) is 1. The van der Waals surface area contributed by atoms with Crippen molar-refractivity contribution in [2.24, 2.45) is 5.10 Å². The third kappa shape index (κ3) is 3.07. The van der Waals surface area contributed by atoms with Gasteiger partial charge < -0.3 is 10.2 Å². The van der Waals surface area contributed by atoms with E-state index in [2.05, 4.69) is 25.9 Å². The number of phenolic OH excluding ortho intramolecular Hbond substituents is 2. The zero-order chi connectivity index (χ0) is 17.9. The predicted molar refractivity (Wildman–Crippen MR) is 104 cm³/mol. The first kappa shape index (κ1) is 16.0. The molecule has 2 heterocycles. The largest absolute Gasteiger partial charge is 0.508 e. The first-order valence-electron chi connectivity index (χ1n) is 7.81. The van der Waals surface area contributed by atoms with Gasteiger partial charge in [-0.2, -0.15) is 5.10 Å². The number of aromatic hydroxyl groups is 2. The lowest BCUT2D eigenvalue weighted by molar-refractivity contribution is 0.450. The molecule has 2 aromatic carbocycles. The molecule has 0 radical (unpaired) electrons. The second-order valence-corrected chi connectivity index (χ2v) is 6.39. The van der Waals surface area contributed by atoms with Crippen LogP contribution in [0.25, 0.3) is 21.3 Å². The topological polar surface area (TPSA) is 90.6 Å². The Kier molecular flexibility index (Phi) is 4.20. The van der Waals surface area contributed by atoms with Crippen LogP contribution >= 0.6 is 11.3 Å². The van der Waals surface area contributed by atoms with E-state index >= 15 is 0 Å². The molecular weight excluding hydrogens is 348 g/mol. The number of hydrazone groups is 1. The van der Waals surface area contributed by atoms with Gasteiger partial charge in [-0.25, -0.2) is 9.97 Å². The molecule has 0 aliphatic heterocycles. The van der Waals surface area contributed by atoms with Gasteiger partial charge in [-0.1, -0.05) is 30.3 Å². The molecule has 26 heavy (non-hydrogen) atoms. The van der Waals surface area contributed by atoms with E-state index in [-0.39, 0.29) is 11.5 Å². The number of anilines is 1. The van der Waals surface area contributed by atoms with Gasteiger partial charge in [0.05, 0.1) is 11.6 Å². The number of nitrogens with zero attached hydrogens (tertiary/aromatic N) is 3. The average molecular weight is 362 g/mol. The third-order valence-corrected chi connectivity index (χ3v) is 4.73. The summed E-state index contributed by atoms with van der Waals surface area (Å²) in [6.07, 6.45) is 2.96. The SMILES string of the molecule is Oc1ccc(/C=N/Nc2ncnc3scc(-c4ccccc4)c23)c(O)c1. The van der Waals surface area contributed by atoms with Gasteiger partial charge in [0.2, 0.25) is 0 Å². The van der Waals surface area contributed by atoms with Gasteiger partial charge >= 0.3 is 0 Å². The zero-order valence-corrected chi connectivity index (χ0v) is 14.3. The lowest BCUT2D eigenvalue weighted by Gasteiger charge is -2.05. The minimum atomic E-state index is -0.0520. The smallest absolute Gasteiger partial charge is 0.159 e. The maximum atomic E-state index is 9.82. The van der Waals surface area contributed by atoms with Gasteiger partial charge in [0, 0.05) is 22.6 Å². The molecule has 0 atom stereocenters. The van der Waals surface area contributed by atoms with Gasteiger partial charge in [0.1, 0.15) is 22.7 Å². The first-order valence-corrected chi connectivity index (χ1v) is 8.69. The molecule has 2 aromatic heterocycles.